The lowest BCUT2D eigenvalue weighted by atomic mass is 10.1. The lowest BCUT2D eigenvalue weighted by Gasteiger charge is -2.10. The molecular formula is C17H12F3NO6. The number of halogens is 3. The number of benzene rings is 2. The molecule has 0 aliphatic carbocycles. The van der Waals surface area contributed by atoms with Gasteiger partial charge in [0.25, 0.3) is 5.69 Å². The van der Waals surface area contributed by atoms with E-state index in [-0.39, 0.29) is 17.1 Å². The van der Waals surface area contributed by atoms with Crippen LogP contribution < -0.4 is 14.2 Å². The number of hydrogen-bond acceptors (Lipinski definition) is 6. The standard InChI is InChI=1S/C17H12F3NO6/c1-25-14-8-10(13(21(23)24)9-15(14)27-17(19)20)2-7-16(22)26-12-5-3-11(18)4-6-12/h2-9,17H,1H3/b7-2+. The summed E-state index contributed by atoms with van der Waals surface area (Å²) < 4.78 is 51.6. The molecule has 0 saturated heterocycles. The average molecular weight is 383 g/mol. The molecule has 0 aliphatic rings. The molecule has 0 heterocycles. The number of carbonyl (C=O) groups is 1. The first kappa shape index (κ1) is 19.8. The van der Waals surface area contributed by atoms with Crippen LogP contribution in [0, 0.1) is 15.9 Å². The third-order valence-electron chi connectivity index (χ3n) is 3.16. The number of carbonyl (C=O) groups excluding carboxylic acids is 1. The van der Waals surface area contributed by atoms with Crippen molar-refractivity contribution in [2.75, 3.05) is 7.11 Å². The van der Waals surface area contributed by atoms with E-state index in [0.717, 1.165) is 43.5 Å². The van der Waals surface area contributed by atoms with Gasteiger partial charge in [-0.1, -0.05) is 0 Å². The molecule has 2 aromatic carbocycles. The monoisotopic (exact) mass is 383 g/mol. The molecule has 10 heteroatoms. The van der Waals surface area contributed by atoms with E-state index in [4.69, 9.17) is 9.47 Å². The van der Waals surface area contributed by atoms with Crippen molar-refractivity contribution < 1.29 is 37.1 Å². The van der Waals surface area contributed by atoms with E-state index in [1.54, 1.807) is 0 Å². The molecule has 0 unspecified atom stereocenters. The van der Waals surface area contributed by atoms with Crippen molar-refractivity contribution in [1.29, 1.82) is 0 Å². The summed E-state index contributed by atoms with van der Waals surface area (Å²) in [7, 11) is 1.16. The van der Waals surface area contributed by atoms with Crippen LogP contribution in [-0.4, -0.2) is 24.6 Å². The summed E-state index contributed by atoms with van der Waals surface area (Å²) in [5.74, 6) is -2.04. The Kier molecular flexibility index (Phi) is 6.36. The molecule has 2 rings (SSSR count). The van der Waals surface area contributed by atoms with E-state index < -0.39 is 34.8 Å². The number of nitro benzene ring substituents is 1. The summed E-state index contributed by atoms with van der Waals surface area (Å²) in [6.45, 7) is -3.20. The third kappa shape index (κ3) is 5.46. The van der Waals surface area contributed by atoms with Gasteiger partial charge in [-0.3, -0.25) is 10.1 Å². The maximum atomic E-state index is 12.8. The normalized spacial score (nSPS) is 10.9. The maximum Gasteiger partial charge on any atom is 0.387 e. The topological polar surface area (TPSA) is 87.9 Å². The predicted octanol–water partition coefficient (Wildman–Crippen LogP) is 3.96. The molecule has 0 aliphatic heterocycles. The SMILES string of the molecule is COc1cc(/C=C/C(=O)Oc2ccc(F)cc2)c([N+](=O)[O-])cc1OC(F)F. The van der Waals surface area contributed by atoms with Crippen molar-refractivity contribution in [3.8, 4) is 17.2 Å². The Bertz CT molecular complexity index is 868. The molecule has 0 atom stereocenters. The fraction of sp³-hybridized carbons (Fsp3) is 0.118. The van der Waals surface area contributed by atoms with Crippen LogP contribution in [0.25, 0.3) is 6.08 Å². The van der Waals surface area contributed by atoms with E-state index in [9.17, 15) is 28.1 Å². The van der Waals surface area contributed by atoms with Crippen molar-refractivity contribution in [3.63, 3.8) is 0 Å². The first-order valence-corrected chi connectivity index (χ1v) is 7.27. The molecule has 27 heavy (non-hydrogen) atoms. The highest BCUT2D eigenvalue weighted by molar-refractivity contribution is 5.89. The van der Waals surface area contributed by atoms with Crippen LogP contribution in [0.15, 0.2) is 42.5 Å². The molecule has 0 radical (unpaired) electrons. The number of rotatable bonds is 7. The minimum absolute atomic E-state index is 0.0683. The van der Waals surface area contributed by atoms with Crippen LogP contribution in [-0.2, 0) is 4.79 Å². The molecule has 0 N–H and O–H groups in total. The van der Waals surface area contributed by atoms with Gasteiger partial charge in [0.2, 0.25) is 0 Å². The third-order valence-corrected chi connectivity index (χ3v) is 3.16. The van der Waals surface area contributed by atoms with Crippen molar-refractivity contribution in [2.45, 2.75) is 6.61 Å². The number of alkyl halides is 2. The van der Waals surface area contributed by atoms with Gasteiger partial charge in [-0.2, -0.15) is 8.78 Å². The Morgan fingerprint density at radius 3 is 2.41 bits per heavy atom. The van der Waals surface area contributed by atoms with Crippen LogP contribution >= 0.6 is 0 Å². The van der Waals surface area contributed by atoms with Gasteiger partial charge in [0.1, 0.15) is 11.6 Å². The Balaban J connectivity index is 2.27. The van der Waals surface area contributed by atoms with Gasteiger partial charge in [0.05, 0.1) is 23.7 Å². The number of ether oxygens (including phenoxy) is 3. The first-order chi connectivity index (χ1) is 12.8. The molecular weight excluding hydrogens is 371 g/mol. The molecule has 0 fully saturated rings. The van der Waals surface area contributed by atoms with Crippen LogP contribution in [0.1, 0.15) is 5.56 Å². The van der Waals surface area contributed by atoms with E-state index in [2.05, 4.69) is 4.74 Å². The molecule has 7 nitrogen and oxygen atoms in total. The fourth-order valence-electron chi connectivity index (χ4n) is 2.01. The van der Waals surface area contributed by atoms with Gasteiger partial charge >= 0.3 is 12.6 Å². The largest absolute Gasteiger partial charge is 0.493 e. The zero-order valence-electron chi connectivity index (χ0n) is 13.7. The second-order valence-corrected chi connectivity index (χ2v) is 4.91. The van der Waals surface area contributed by atoms with E-state index in [0.29, 0.717) is 0 Å². The highest BCUT2D eigenvalue weighted by atomic mass is 19.3. The van der Waals surface area contributed by atoms with Crippen LogP contribution in [0.3, 0.4) is 0 Å². The Morgan fingerprint density at radius 2 is 1.85 bits per heavy atom. The summed E-state index contributed by atoms with van der Waals surface area (Å²) >= 11 is 0. The summed E-state index contributed by atoms with van der Waals surface area (Å²) in [5, 5.41) is 11.2. The van der Waals surface area contributed by atoms with E-state index in [1.807, 2.05) is 0 Å². The smallest absolute Gasteiger partial charge is 0.387 e. The number of nitrogens with zero attached hydrogens (tertiary/aromatic N) is 1. The van der Waals surface area contributed by atoms with E-state index >= 15 is 0 Å². The van der Waals surface area contributed by atoms with Gasteiger partial charge in [-0.25, -0.2) is 9.18 Å². The highest BCUT2D eigenvalue weighted by Gasteiger charge is 2.20. The van der Waals surface area contributed by atoms with Crippen molar-refractivity contribution in [2.24, 2.45) is 0 Å². The molecule has 0 aromatic heterocycles. The van der Waals surface area contributed by atoms with Crippen LogP contribution in [0.5, 0.6) is 17.2 Å². The minimum Gasteiger partial charge on any atom is -0.493 e. The Hall–Kier alpha value is -3.56. The lowest BCUT2D eigenvalue weighted by Crippen LogP contribution is -2.05. The fourth-order valence-corrected chi connectivity index (χ4v) is 2.01. The second-order valence-electron chi connectivity index (χ2n) is 4.91. The Labute approximate surface area is 150 Å². The van der Waals surface area contributed by atoms with E-state index in [1.165, 1.54) is 12.1 Å². The predicted molar refractivity (Wildman–Crippen MR) is 87.3 cm³/mol. The molecule has 0 amide bonds. The lowest BCUT2D eigenvalue weighted by molar-refractivity contribution is -0.385. The summed E-state index contributed by atoms with van der Waals surface area (Å²) in [4.78, 5) is 22.1. The highest BCUT2D eigenvalue weighted by Crippen LogP contribution is 2.36. The van der Waals surface area contributed by atoms with Gasteiger partial charge < -0.3 is 14.2 Å². The molecule has 0 bridgehead atoms. The number of methoxy groups -OCH3 is 1. The quantitative estimate of drug-likeness (QED) is 0.236. The molecule has 0 saturated carbocycles. The minimum atomic E-state index is -3.20. The van der Waals surface area contributed by atoms with Gasteiger partial charge in [0, 0.05) is 6.08 Å². The number of nitro groups is 1. The van der Waals surface area contributed by atoms with Gasteiger partial charge in [-0.15, -0.1) is 0 Å². The zero-order chi connectivity index (χ0) is 20.0. The van der Waals surface area contributed by atoms with Crippen LogP contribution in [0.4, 0.5) is 18.9 Å². The summed E-state index contributed by atoms with van der Waals surface area (Å²) in [6.07, 6.45) is 1.94. The summed E-state index contributed by atoms with van der Waals surface area (Å²) in [6, 6.07) is 6.45. The molecule has 0 spiro atoms. The first-order valence-electron chi connectivity index (χ1n) is 7.27. The van der Waals surface area contributed by atoms with Gasteiger partial charge in [-0.05, 0) is 36.4 Å². The Morgan fingerprint density at radius 1 is 1.19 bits per heavy atom. The second kappa shape index (κ2) is 8.70. The number of hydrogen-bond donors (Lipinski definition) is 0. The van der Waals surface area contributed by atoms with Crippen molar-refractivity contribution in [3.05, 3.63) is 64.0 Å². The summed E-state index contributed by atoms with van der Waals surface area (Å²) in [5.41, 5.74) is -0.688. The molecule has 142 valence electrons. The molecule has 2 aromatic rings. The van der Waals surface area contributed by atoms with Crippen molar-refractivity contribution >= 4 is 17.7 Å². The average Bonchev–Trinajstić information content (AvgIpc) is 2.61. The maximum absolute atomic E-state index is 12.8. The number of esters is 1. The van der Waals surface area contributed by atoms with Crippen molar-refractivity contribution in [1.82, 2.24) is 0 Å². The van der Waals surface area contributed by atoms with Crippen LogP contribution in [0.2, 0.25) is 0 Å². The van der Waals surface area contributed by atoms with Gasteiger partial charge in [0.15, 0.2) is 11.5 Å². The zero-order valence-corrected chi connectivity index (χ0v) is 13.7.